The zero-order valence-electron chi connectivity index (χ0n) is 6.91. The van der Waals surface area contributed by atoms with Crippen LogP contribution in [0.15, 0.2) is 0 Å². The molecule has 10 fully saturated rings. The Morgan fingerprint density at radius 2 is 1.69 bits per heavy atom. The number of carbonyl (C=O) groups excluding carboxylic acids is 1. The fourth-order valence-electron chi connectivity index (χ4n) is 15.3. The van der Waals surface area contributed by atoms with Crippen molar-refractivity contribution >= 4 is 6.29 Å². The SMILES string of the molecule is O=C[C]12[CH]3[CH]4[CH]5[N]1[Fe]45321678[CH]2[CH]1[CH]6[CH]7[CH]28. The van der Waals surface area contributed by atoms with E-state index in [0.717, 1.165) is 4.82 Å². The van der Waals surface area contributed by atoms with Gasteiger partial charge in [-0.3, -0.25) is 0 Å². The molecule has 3 heteroatoms. The monoisotopic (exact) mass is 215 g/mol. The average Bonchev–Trinajstić information content (AvgIpc) is 3.12. The van der Waals surface area contributed by atoms with E-state index in [4.69, 9.17) is 0 Å². The van der Waals surface area contributed by atoms with Crippen LogP contribution >= 0.6 is 0 Å². The third-order valence-corrected chi connectivity index (χ3v) is 53.8. The van der Waals surface area contributed by atoms with E-state index >= 15 is 0 Å². The summed E-state index contributed by atoms with van der Waals surface area (Å²) in [6.07, 6.45) is 1.49. The fourth-order valence-corrected chi connectivity index (χ4v) is 83.0. The van der Waals surface area contributed by atoms with Gasteiger partial charge in [-0.2, -0.15) is 0 Å². The maximum absolute atomic E-state index is 11.6. The normalized spacial score (nSPS) is 152. The van der Waals surface area contributed by atoms with Crippen LogP contribution < -0.4 is 0 Å². The molecular weight excluding hydrogens is 206 g/mol. The summed E-state index contributed by atoms with van der Waals surface area (Å²) in [6.45, 7) is -3.04. The van der Waals surface area contributed by atoms with Gasteiger partial charge in [0.05, 0.1) is 0 Å². The summed E-state index contributed by atoms with van der Waals surface area (Å²) in [5.74, 6) is 0. The predicted octanol–water partition coefficient (Wildman–Crippen LogP) is 1.45. The van der Waals surface area contributed by atoms with Crippen LogP contribution in [0.3, 0.4) is 0 Å². The van der Waals surface area contributed by atoms with Crippen LogP contribution in [0.4, 0.5) is 0 Å². The number of hydrogen-bond donors (Lipinski definition) is 0. The summed E-state index contributed by atoms with van der Waals surface area (Å²) in [6, 6.07) is 0. The Bertz CT molecular complexity index is 804. The maximum atomic E-state index is 11.6. The topological polar surface area (TPSA) is 20.1 Å². The molecule has 10 aliphatic rings. The number of rotatable bonds is 1. The molecule has 1 spiro atoms. The standard InChI is InChI=1S/C5H4NO.C5H5.Fe/c7-4-5-2-1-3-6-5;1-2-4-5-3-1;/h1-4H;1-5H;/q-1;;+1. The van der Waals surface area contributed by atoms with Crippen LogP contribution in [0, 0.1) is 0 Å². The molecule has 0 aromatic carbocycles. The molecule has 10 aliphatic heterocycles. The zero-order valence-corrected chi connectivity index (χ0v) is 8.01. The molecule has 0 aromatic heterocycles. The first-order valence-electron chi connectivity index (χ1n) is 5.60. The number of fused-ring (bicyclic) bond motifs is 10. The Morgan fingerprint density at radius 1 is 1.08 bits per heavy atom. The van der Waals surface area contributed by atoms with Crippen molar-refractivity contribution in [2.24, 2.45) is 0 Å². The van der Waals surface area contributed by atoms with Gasteiger partial charge in [0.1, 0.15) is 0 Å². The molecule has 0 saturated carbocycles. The van der Waals surface area contributed by atoms with Crippen molar-refractivity contribution in [2.45, 2.75) is 43.1 Å². The van der Waals surface area contributed by atoms with Crippen molar-refractivity contribution in [3.05, 3.63) is 0 Å². The summed E-state index contributed by atoms with van der Waals surface area (Å²) in [4.78, 5) is 21.4. The van der Waals surface area contributed by atoms with Crippen LogP contribution in [-0.2, 0) is 11.5 Å². The Labute approximate surface area is 65.1 Å². The minimum absolute atomic E-state index is 0.388. The van der Waals surface area contributed by atoms with E-state index in [1.54, 1.807) is 0 Å². The van der Waals surface area contributed by atoms with E-state index < -0.39 is 6.73 Å². The van der Waals surface area contributed by atoms with Gasteiger partial charge in [0, 0.05) is 0 Å². The number of hydrogen-bond acceptors (Lipinski definition) is 2. The Morgan fingerprint density at radius 3 is 1.77 bits per heavy atom. The van der Waals surface area contributed by atoms with Crippen molar-refractivity contribution in [1.82, 2.24) is 3.92 Å². The van der Waals surface area contributed by atoms with Crippen molar-refractivity contribution in [2.75, 3.05) is 0 Å². The molecule has 13 heavy (non-hydrogen) atoms. The fraction of sp³-hybridized carbons (Fsp3) is 0.900. The first-order valence-corrected chi connectivity index (χ1v) is 11.7. The Hall–Kier alpha value is 0.149. The summed E-state index contributed by atoms with van der Waals surface area (Å²) >= 11 is 0. The summed E-state index contributed by atoms with van der Waals surface area (Å²) in [5, 5.41) is 0. The third kappa shape index (κ3) is 0.0268. The van der Waals surface area contributed by atoms with Crippen molar-refractivity contribution in [3.8, 4) is 0 Å². The van der Waals surface area contributed by atoms with Crippen molar-refractivity contribution in [3.63, 3.8) is 0 Å². The van der Waals surface area contributed by atoms with Crippen LogP contribution in [-0.4, -0.2) is 19.6 Å². The van der Waals surface area contributed by atoms with Crippen molar-refractivity contribution < 1.29 is 11.5 Å². The second kappa shape index (κ2) is 0.241. The predicted molar refractivity (Wildman–Crippen MR) is 40.7 cm³/mol. The van der Waals surface area contributed by atoms with Gasteiger partial charge >= 0.3 is 64.8 Å². The zero-order chi connectivity index (χ0) is 7.72. The second-order valence-electron chi connectivity index (χ2n) is 9.36. The van der Waals surface area contributed by atoms with Crippen LogP contribution in [0.2, 0.25) is 33.7 Å². The molecule has 2 nitrogen and oxygen atoms in total. The molecule has 5 unspecified atom stereocenters. The quantitative estimate of drug-likeness (QED) is 0.374. The first kappa shape index (κ1) is 3.96. The molecule has 0 aromatic rings. The molecular formula is C10H9FeNO. The molecule has 68 valence electrons. The number of nitrogens with zero attached hydrogens (tertiary/aromatic N) is 1. The molecule has 0 bridgehead atoms. The third-order valence-electron chi connectivity index (χ3n) is 14.0. The molecule has 5 atom stereocenters. The number of carbonyl (C=O) groups is 1. The molecule has 0 amide bonds. The van der Waals surface area contributed by atoms with E-state index in [2.05, 4.69) is 3.92 Å². The Balaban J connectivity index is 2.14. The van der Waals surface area contributed by atoms with Crippen molar-refractivity contribution in [1.29, 1.82) is 0 Å². The van der Waals surface area contributed by atoms with Gasteiger partial charge in [0.25, 0.3) is 0 Å². The molecule has 10 rings (SSSR count). The van der Waals surface area contributed by atoms with Crippen LogP contribution in [0.25, 0.3) is 0 Å². The van der Waals surface area contributed by atoms with Gasteiger partial charge in [-0.1, -0.05) is 0 Å². The van der Waals surface area contributed by atoms with Gasteiger partial charge in [-0.05, 0) is 0 Å². The molecule has 0 N–H and O–H groups in total. The first-order chi connectivity index (χ1) is 6.11. The molecule has 0 radical (unpaired) electrons. The Kier molecular flexibility index (Phi) is 0.0734. The van der Waals surface area contributed by atoms with E-state index in [1.165, 1.54) is 40.1 Å². The summed E-state index contributed by atoms with van der Waals surface area (Å²) < 4.78 is 3.37. The van der Waals surface area contributed by atoms with E-state index in [9.17, 15) is 4.79 Å². The molecule has 10 heterocycles. The summed E-state index contributed by atoms with van der Waals surface area (Å²) in [5.41, 5.74) is 0. The van der Waals surface area contributed by atoms with Gasteiger partial charge < -0.3 is 0 Å². The summed E-state index contributed by atoms with van der Waals surface area (Å²) in [7, 11) is 0. The van der Waals surface area contributed by atoms with Gasteiger partial charge in [-0.15, -0.1) is 0 Å². The number of aldehydes is 1. The van der Waals surface area contributed by atoms with E-state index in [0.29, 0.717) is 4.44 Å². The average molecular weight is 215 g/mol. The minimum atomic E-state index is -3.04. The van der Waals surface area contributed by atoms with E-state index in [-0.39, 0.29) is 0 Å². The van der Waals surface area contributed by atoms with Gasteiger partial charge in [0.2, 0.25) is 0 Å². The van der Waals surface area contributed by atoms with Gasteiger partial charge in [0.15, 0.2) is 0 Å². The van der Waals surface area contributed by atoms with E-state index in [1.807, 2.05) is 0 Å². The molecule has 0 aliphatic carbocycles. The molecule has 10 saturated heterocycles. The van der Waals surface area contributed by atoms with Gasteiger partial charge in [-0.25, -0.2) is 0 Å². The van der Waals surface area contributed by atoms with Crippen LogP contribution in [0.1, 0.15) is 0 Å². The van der Waals surface area contributed by atoms with Crippen LogP contribution in [0.5, 0.6) is 0 Å². The second-order valence-corrected chi connectivity index (χ2v) is 31.9.